The molecule has 1 aromatic heterocycles. The first-order valence-electron chi connectivity index (χ1n) is 10.1. The molecular weight excluding hydrogens is 447 g/mol. The summed E-state index contributed by atoms with van der Waals surface area (Å²) >= 11 is 6.20. The van der Waals surface area contributed by atoms with Gasteiger partial charge >= 0.3 is 6.03 Å². The molecule has 7 nitrogen and oxygen atoms in total. The van der Waals surface area contributed by atoms with Crippen LogP contribution >= 0.6 is 11.6 Å². The van der Waals surface area contributed by atoms with Crippen molar-refractivity contribution in [3.8, 4) is 11.5 Å². The van der Waals surface area contributed by atoms with Crippen molar-refractivity contribution >= 4 is 40.7 Å². The number of ether oxygens (including phenoxy) is 1. The molecule has 3 rings (SSSR count). The second-order valence-corrected chi connectivity index (χ2v) is 8.73. The van der Waals surface area contributed by atoms with E-state index in [0.717, 1.165) is 11.6 Å². The van der Waals surface area contributed by atoms with Crippen molar-refractivity contribution in [3.63, 3.8) is 0 Å². The molecule has 3 aromatic rings. The molecule has 1 heterocycles. The lowest BCUT2D eigenvalue weighted by Gasteiger charge is -2.20. The van der Waals surface area contributed by atoms with Gasteiger partial charge in [-0.2, -0.15) is 0 Å². The SMILES string of the molecule is CC(=O)Nc1cc(Oc2ccc(NC(=O)Nc3cc(C(C)(C)C)ccc3Cl)c(F)c2)ccn1. The molecule has 172 valence electrons. The summed E-state index contributed by atoms with van der Waals surface area (Å²) < 4.78 is 20.2. The van der Waals surface area contributed by atoms with E-state index in [0.29, 0.717) is 22.3 Å². The van der Waals surface area contributed by atoms with Gasteiger partial charge in [-0.15, -0.1) is 0 Å². The number of nitrogens with zero attached hydrogens (tertiary/aromatic N) is 1. The molecule has 33 heavy (non-hydrogen) atoms. The maximum atomic E-state index is 14.6. The zero-order valence-electron chi connectivity index (χ0n) is 18.6. The zero-order valence-corrected chi connectivity index (χ0v) is 19.4. The fourth-order valence-corrected chi connectivity index (χ4v) is 3.05. The monoisotopic (exact) mass is 470 g/mol. The lowest BCUT2D eigenvalue weighted by atomic mass is 9.87. The second-order valence-electron chi connectivity index (χ2n) is 8.33. The quantitative estimate of drug-likeness (QED) is 0.393. The summed E-state index contributed by atoms with van der Waals surface area (Å²) in [5, 5.41) is 8.04. The number of amides is 3. The molecule has 0 fully saturated rings. The summed E-state index contributed by atoms with van der Waals surface area (Å²) in [7, 11) is 0. The van der Waals surface area contributed by atoms with Gasteiger partial charge in [-0.1, -0.05) is 38.4 Å². The van der Waals surface area contributed by atoms with Crippen molar-refractivity contribution < 1.29 is 18.7 Å². The maximum Gasteiger partial charge on any atom is 0.323 e. The third kappa shape index (κ3) is 6.66. The van der Waals surface area contributed by atoms with Crippen LogP contribution in [0.3, 0.4) is 0 Å². The average Bonchev–Trinajstić information content (AvgIpc) is 2.70. The summed E-state index contributed by atoms with van der Waals surface area (Å²) in [6.07, 6.45) is 1.46. The van der Waals surface area contributed by atoms with Gasteiger partial charge in [0.2, 0.25) is 5.91 Å². The number of hydrogen-bond donors (Lipinski definition) is 3. The predicted octanol–water partition coefficient (Wildman–Crippen LogP) is 6.57. The van der Waals surface area contributed by atoms with E-state index < -0.39 is 11.8 Å². The highest BCUT2D eigenvalue weighted by Gasteiger charge is 2.17. The largest absolute Gasteiger partial charge is 0.457 e. The maximum absolute atomic E-state index is 14.6. The second kappa shape index (κ2) is 9.87. The van der Waals surface area contributed by atoms with E-state index >= 15 is 0 Å². The van der Waals surface area contributed by atoms with E-state index in [2.05, 4.69) is 20.9 Å². The summed E-state index contributed by atoms with van der Waals surface area (Å²) in [6.45, 7) is 7.50. The Morgan fingerprint density at radius 3 is 2.30 bits per heavy atom. The minimum Gasteiger partial charge on any atom is -0.457 e. The van der Waals surface area contributed by atoms with Gasteiger partial charge in [-0.3, -0.25) is 4.79 Å². The molecule has 0 aliphatic carbocycles. The summed E-state index contributed by atoms with van der Waals surface area (Å²) in [5.74, 6) is -0.0805. The van der Waals surface area contributed by atoms with Gasteiger partial charge in [0, 0.05) is 25.3 Å². The first-order chi connectivity index (χ1) is 15.5. The third-order valence-corrected chi connectivity index (χ3v) is 4.87. The molecule has 0 bridgehead atoms. The number of hydrogen-bond acceptors (Lipinski definition) is 4. The van der Waals surface area contributed by atoms with Crippen LogP contribution in [-0.2, 0) is 10.2 Å². The molecule has 0 aliphatic heterocycles. The number of aromatic nitrogens is 1. The van der Waals surface area contributed by atoms with Gasteiger partial charge in [-0.05, 0) is 41.3 Å². The Balaban J connectivity index is 1.68. The highest BCUT2D eigenvalue weighted by atomic mass is 35.5. The van der Waals surface area contributed by atoms with Crippen LogP contribution in [0.25, 0.3) is 0 Å². The van der Waals surface area contributed by atoms with Gasteiger partial charge in [0.1, 0.15) is 23.1 Å². The van der Waals surface area contributed by atoms with Gasteiger partial charge in [-0.25, -0.2) is 14.2 Å². The summed E-state index contributed by atoms with van der Waals surface area (Å²) in [5.41, 5.74) is 1.26. The number of urea groups is 1. The van der Waals surface area contributed by atoms with Crippen LogP contribution in [0.2, 0.25) is 5.02 Å². The molecule has 0 saturated carbocycles. The van der Waals surface area contributed by atoms with Crippen LogP contribution in [0.1, 0.15) is 33.3 Å². The van der Waals surface area contributed by atoms with E-state index in [1.54, 1.807) is 18.2 Å². The number of nitrogens with one attached hydrogen (secondary N) is 3. The number of carbonyl (C=O) groups excluding carboxylic acids is 2. The van der Waals surface area contributed by atoms with E-state index in [9.17, 15) is 14.0 Å². The van der Waals surface area contributed by atoms with Crippen LogP contribution in [-0.4, -0.2) is 16.9 Å². The Morgan fingerprint density at radius 1 is 0.939 bits per heavy atom. The van der Waals surface area contributed by atoms with E-state index in [-0.39, 0.29) is 22.8 Å². The van der Waals surface area contributed by atoms with E-state index in [1.807, 2.05) is 26.8 Å². The van der Waals surface area contributed by atoms with Gasteiger partial charge in [0.25, 0.3) is 0 Å². The first-order valence-corrected chi connectivity index (χ1v) is 10.5. The Kier molecular flexibility index (Phi) is 7.18. The Labute approximate surface area is 196 Å². The number of halogens is 2. The van der Waals surface area contributed by atoms with Crippen LogP contribution < -0.4 is 20.7 Å². The minimum absolute atomic E-state index is 0.0309. The smallest absolute Gasteiger partial charge is 0.323 e. The number of benzene rings is 2. The van der Waals surface area contributed by atoms with Crippen LogP contribution in [0.15, 0.2) is 54.7 Å². The molecule has 0 saturated heterocycles. The molecule has 9 heteroatoms. The fourth-order valence-electron chi connectivity index (χ4n) is 2.88. The first kappa shape index (κ1) is 24.0. The van der Waals surface area contributed by atoms with E-state index in [1.165, 1.54) is 31.3 Å². The average molecular weight is 471 g/mol. The van der Waals surface area contributed by atoms with Gasteiger partial charge < -0.3 is 20.7 Å². The highest BCUT2D eigenvalue weighted by molar-refractivity contribution is 6.33. The van der Waals surface area contributed by atoms with Crippen molar-refractivity contribution in [1.29, 1.82) is 0 Å². The normalized spacial score (nSPS) is 11.0. The Bertz CT molecular complexity index is 1190. The van der Waals surface area contributed by atoms with Gasteiger partial charge in [0.05, 0.1) is 16.4 Å². The van der Waals surface area contributed by atoms with Crippen LogP contribution in [0.5, 0.6) is 11.5 Å². The number of anilines is 3. The molecule has 0 radical (unpaired) electrons. The number of rotatable bonds is 5. The number of pyridine rings is 1. The van der Waals surface area contributed by atoms with Crippen molar-refractivity contribution in [2.24, 2.45) is 0 Å². The van der Waals surface area contributed by atoms with Crippen molar-refractivity contribution in [3.05, 3.63) is 71.1 Å². The number of carbonyl (C=O) groups is 2. The summed E-state index contributed by atoms with van der Waals surface area (Å²) in [4.78, 5) is 27.6. The fraction of sp³-hybridized carbons (Fsp3) is 0.208. The molecular formula is C24H24ClFN4O3. The zero-order chi connectivity index (χ0) is 24.2. The molecule has 2 aromatic carbocycles. The molecule has 0 spiro atoms. The van der Waals surface area contributed by atoms with Crippen LogP contribution in [0, 0.1) is 5.82 Å². The van der Waals surface area contributed by atoms with Crippen molar-refractivity contribution in [1.82, 2.24) is 4.98 Å². The molecule has 3 N–H and O–H groups in total. The molecule has 0 aliphatic rings. The molecule has 3 amide bonds. The third-order valence-electron chi connectivity index (χ3n) is 4.54. The molecule has 0 atom stereocenters. The van der Waals surface area contributed by atoms with Crippen molar-refractivity contribution in [2.75, 3.05) is 16.0 Å². The minimum atomic E-state index is -0.687. The van der Waals surface area contributed by atoms with Gasteiger partial charge in [0.15, 0.2) is 0 Å². The lowest BCUT2D eigenvalue weighted by Crippen LogP contribution is -2.21. The molecule has 0 unspecified atom stereocenters. The predicted molar refractivity (Wildman–Crippen MR) is 128 cm³/mol. The highest BCUT2D eigenvalue weighted by Crippen LogP contribution is 2.30. The standard InChI is InChI=1S/C24H24ClFN4O3/c1-14(31)28-22-13-17(9-10-27-22)33-16-6-8-20(19(26)12-16)29-23(32)30-21-11-15(24(2,3)4)5-7-18(21)25/h5-13H,1-4H3,(H,27,28,31)(H2,29,30,32). The van der Waals surface area contributed by atoms with E-state index in [4.69, 9.17) is 16.3 Å². The lowest BCUT2D eigenvalue weighted by molar-refractivity contribution is -0.114. The van der Waals surface area contributed by atoms with Crippen LogP contribution in [0.4, 0.5) is 26.4 Å². The summed E-state index contributed by atoms with van der Waals surface area (Å²) in [6, 6.07) is 11.9. The topological polar surface area (TPSA) is 92.4 Å². The Morgan fingerprint density at radius 2 is 1.64 bits per heavy atom. The Hall–Kier alpha value is -3.65. The van der Waals surface area contributed by atoms with Crippen molar-refractivity contribution in [2.45, 2.75) is 33.1 Å².